The fourth-order valence-electron chi connectivity index (χ4n) is 1.85. The maximum Gasteiger partial charge on any atom is 0.326 e. The normalized spacial score (nSPS) is 15.0. The molecule has 2 rings (SSSR count). The smallest absolute Gasteiger partial charge is 0.326 e. The number of ether oxygens (including phenoxy) is 1. The number of carboxylic acid groups (broad SMARTS) is 1. The summed E-state index contributed by atoms with van der Waals surface area (Å²) in [6, 6.07) is 4.49. The van der Waals surface area contributed by atoms with E-state index in [1.165, 1.54) is 18.9 Å². The molecule has 1 unspecified atom stereocenters. The quantitative estimate of drug-likeness (QED) is 0.875. The second-order valence-corrected chi connectivity index (χ2v) is 4.41. The van der Waals surface area contributed by atoms with Gasteiger partial charge >= 0.3 is 5.97 Å². The molecular weight excluding hydrogens is 234 g/mol. The molecule has 96 valence electrons. The van der Waals surface area contributed by atoms with Crippen molar-refractivity contribution in [2.24, 2.45) is 0 Å². The SMILES string of the molecule is CC(C(=O)O)N(C)C(=O)c1ccc2c(c1)COC2. The van der Waals surface area contributed by atoms with E-state index < -0.39 is 12.0 Å². The minimum atomic E-state index is -1.02. The Morgan fingerprint density at radius 2 is 2.00 bits per heavy atom. The Morgan fingerprint density at radius 1 is 1.33 bits per heavy atom. The summed E-state index contributed by atoms with van der Waals surface area (Å²) in [5, 5.41) is 8.89. The topological polar surface area (TPSA) is 66.8 Å². The Bertz CT molecular complexity index is 498. The maximum atomic E-state index is 12.1. The van der Waals surface area contributed by atoms with Crippen molar-refractivity contribution in [3.8, 4) is 0 Å². The molecule has 0 bridgehead atoms. The summed E-state index contributed by atoms with van der Waals surface area (Å²) in [7, 11) is 1.49. The first-order valence-corrected chi connectivity index (χ1v) is 5.70. The van der Waals surface area contributed by atoms with Crippen LogP contribution in [0.2, 0.25) is 0 Å². The van der Waals surface area contributed by atoms with E-state index in [2.05, 4.69) is 0 Å². The number of hydrogen-bond acceptors (Lipinski definition) is 3. The Balaban J connectivity index is 2.21. The van der Waals surface area contributed by atoms with Gasteiger partial charge < -0.3 is 14.7 Å². The monoisotopic (exact) mass is 249 g/mol. The molecule has 1 aromatic carbocycles. The first kappa shape index (κ1) is 12.6. The van der Waals surface area contributed by atoms with Gasteiger partial charge in [-0.2, -0.15) is 0 Å². The van der Waals surface area contributed by atoms with Crippen LogP contribution < -0.4 is 0 Å². The highest BCUT2D eigenvalue weighted by Crippen LogP contribution is 2.21. The van der Waals surface area contributed by atoms with Crippen molar-refractivity contribution in [2.45, 2.75) is 26.2 Å². The third-order valence-electron chi connectivity index (χ3n) is 3.23. The molecule has 1 atom stereocenters. The van der Waals surface area contributed by atoms with E-state index in [1.807, 2.05) is 6.07 Å². The van der Waals surface area contributed by atoms with Crippen LogP contribution in [0.4, 0.5) is 0 Å². The van der Waals surface area contributed by atoms with E-state index in [4.69, 9.17) is 9.84 Å². The Hall–Kier alpha value is -1.88. The molecule has 0 radical (unpaired) electrons. The third kappa shape index (κ3) is 2.22. The number of carboxylic acids is 1. The summed E-state index contributed by atoms with van der Waals surface area (Å²) in [6.07, 6.45) is 0. The number of likely N-dealkylation sites (N-methyl/N-ethyl adjacent to an activating group) is 1. The van der Waals surface area contributed by atoms with Crippen LogP contribution in [0.3, 0.4) is 0 Å². The first-order valence-electron chi connectivity index (χ1n) is 5.70. The van der Waals surface area contributed by atoms with Gasteiger partial charge in [0, 0.05) is 12.6 Å². The lowest BCUT2D eigenvalue weighted by molar-refractivity contribution is -0.141. The zero-order valence-electron chi connectivity index (χ0n) is 10.3. The average molecular weight is 249 g/mol. The number of carbonyl (C=O) groups excluding carboxylic acids is 1. The van der Waals surface area contributed by atoms with Gasteiger partial charge in [-0.25, -0.2) is 4.79 Å². The van der Waals surface area contributed by atoms with Gasteiger partial charge in [-0.3, -0.25) is 4.79 Å². The van der Waals surface area contributed by atoms with Crippen LogP contribution >= 0.6 is 0 Å². The molecule has 0 saturated carbocycles. The van der Waals surface area contributed by atoms with Gasteiger partial charge in [-0.15, -0.1) is 0 Å². The Labute approximate surface area is 105 Å². The fraction of sp³-hybridized carbons (Fsp3) is 0.385. The van der Waals surface area contributed by atoms with E-state index in [0.29, 0.717) is 18.8 Å². The number of fused-ring (bicyclic) bond motifs is 1. The van der Waals surface area contributed by atoms with Gasteiger partial charge in [0.2, 0.25) is 0 Å². The van der Waals surface area contributed by atoms with E-state index >= 15 is 0 Å². The van der Waals surface area contributed by atoms with E-state index in [9.17, 15) is 9.59 Å². The minimum Gasteiger partial charge on any atom is -0.480 e. The second-order valence-electron chi connectivity index (χ2n) is 4.41. The molecule has 0 fully saturated rings. The maximum absolute atomic E-state index is 12.1. The molecule has 1 amide bonds. The molecule has 0 spiro atoms. The van der Waals surface area contributed by atoms with E-state index in [0.717, 1.165) is 11.1 Å². The molecule has 1 N–H and O–H groups in total. The molecule has 1 heterocycles. The van der Waals surface area contributed by atoms with Crippen LogP contribution in [0.5, 0.6) is 0 Å². The minimum absolute atomic E-state index is 0.292. The van der Waals surface area contributed by atoms with Gasteiger partial charge in [0.1, 0.15) is 6.04 Å². The summed E-state index contributed by atoms with van der Waals surface area (Å²) < 4.78 is 5.28. The van der Waals surface area contributed by atoms with Crippen molar-refractivity contribution in [3.05, 3.63) is 34.9 Å². The van der Waals surface area contributed by atoms with E-state index in [-0.39, 0.29) is 5.91 Å². The molecule has 1 aliphatic heterocycles. The molecular formula is C13H15NO4. The van der Waals surface area contributed by atoms with Gasteiger partial charge in [0.15, 0.2) is 0 Å². The zero-order chi connectivity index (χ0) is 13.3. The highest BCUT2D eigenvalue weighted by molar-refractivity contribution is 5.96. The molecule has 1 aromatic rings. The molecule has 18 heavy (non-hydrogen) atoms. The molecule has 0 saturated heterocycles. The van der Waals surface area contributed by atoms with Gasteiger partial charge in [-0.05, 0) is 30.2 Å². The number of aliphatic carboxylic acids is 1. The second kappa shape index (κ2) is 4.78. The average Bonchev–Trinajstić information content (AvgIpc) is 2.82. The lowest BCUT2D eigenvalue weighted by atomic mass is 10.1. The predicted molar refractivity (Wildman–Crippen MR) is 64.1 cm³/mol. The summed E-state index contributed by atoms with van der Waals surface area (Å²) in [5.74, 6) is -1.31. The number of hydrogen-bond donors (Lipinski definition) is 1. The predicted octanol–water partition coefficient (Wildman–Crippen LogP) is 1.26. The van der Waals surface area contributed by atoms with Gasteiger partial charge in [-0.1, -0.05) is 6.07 Å². The van der Waals surface area contributed by atoms with Crippen LogP contribution in [0, 0.1) is 0 Å². The zero-order valence-corrected chi connectivity index (χ0v) is 10.3. The number of nitrogens with zero attached hydrogens (tertiary/aromatic N) is 1. The molecule has 0 aromatic heterocycles. The molecule has 5 heteroatoms. The molecule has 0 aliphatic carbocycles. The molecule has 5 nitrogen and oxygen atoms in total. The number of benzene rings is 1. The third-order valence-corrected chi connectivity index (χ3v) is 3.23. The van der Waals surface area contributed by atoms with Crippen LogP contribution in [-0.2, 0) is 22.7 Å². The number of rotatable bonds is 3. The van der Waals surface area contributed by atoms with Crippen molar-refractivity contribution in [3.63, 3.8) is 0 Å². The van der Waals surface area contributed by atoms with Crippen LogP contribution in [0.15, 0.2) is 18.2 Å². The van der Waals surface area contributed by atoms with Gasteiger partial charge in [0.25, 0.3) is 5.91 Å². The lowest BCUT2D eigenvalue weighted by Crippen LogP contribution is -2.40. The van der Waals surface area contributed by atoms with Crippen molar-refractivity contribution in [2.75, 3.05) is 7.05 Å². The number of carbonyl (C=O) groups is 2. The highest BCUT2D eigenvalue weighted by atomic mass is 16.5. The van der Waals surface area contributed by atoms with Crippen molar-refractivity contribution in [1.82, 2.24) is 4.90 Å². The summed E-state index contributed by atoms with van der Waals surface area (Å²) in [5.41, 5.74) is 2.58. The Morgan fingerprint density at radius 3 is 2.67 bits per heavy atom. The van der Waals surface area contributed by atoms with Crippen molar-refractivity contribution < 1.29 is 19.4 Å². The van der Waals surface area contributed by atoms with Crippen molar-refractivity contribution >= 4 is 11.9 Å². The first-order chi connectivity index (χ1) is 8.50. The number of amides is 1. The standard InChI is InChI=1S/C13H15NO4/c1-8(13(16)17)14(2)12(15)9-3-4-10-6-18-7-11(10)5-9/h3-5,8H,6-7H2,1-2H3,(H,16,17). The summed E-state index contributed by atoms with van der Waals surface area (Å²) in [6.45, 7) is 2.57. The highest BCUT2D eigenvalue weighted by Gasteiger charge is 2.23. The van der Waals surface area contributed by atoms with Crippen LogP contribution in [0.25, 0.3) is 0 Å². The molecule has 1 aliphatic rings. The lowest BCUT2D eigenvalue weighted by Gasteiger charge is -2.21. The van der Waals surface area contributed by atoms with E-state index in [1.54, 1.807) is 12.1 Å². The fourth-order valence-corrected chi connectivity index (χ4v) is 1.85. The summed E-state index contributed by atoms with van der Waals surface area (Å²) >= 11 is 0. The van der Waals surface area contributed by atoms with Crippen molar-refractivity contribution in [1.29, 1.82) is 0 Å². The van der Waals surface area contributed by atoms with Gasteiger partial charge in [0.05, 0.1) is 13.2 Å². The largest absolute Gasteiger partial charge is 0.480 e. The van der Waals surface area contributed by atoms with Crippen LogP contribution in [0.1, 0.15) is 28.4 Å². The van der Waals surface area contributed by atoms with Crippen LogP contribution in [-0.4, -0.2) is 35.0 Å². The Kier molecular flexibility index (Phi) is 3.34. The summed E-state index contributed by atoms with van der Waals surface area (Å²) in [4.78, 5) is 24.2.